The number of rotatable bonds is 14. The lowest BCUT2D eigenvalue weighted by Gasteiger charge is -2.50. The van der Waals surface area contributed by atoms with Gasteiger partial charge < -0.3 is 94.1 Å². The molecule has 23 heteroatoms. The normalized spacial score (nSPS) is 45.0. The van der Waals surface area contributed by atoms with E-state index in [-0.39, 0.29) is 32.1 Å². The maximum Gasteiger partial charge on any atom is 0.317 e. The maximum absolute atomic E-state index is 11.9. The van der Waals surface area contributed by atoms with Gasteiger partial charge in [0.2, 0.25) is 0 Å². The molecule has 0 radical (unpaired) electrons. The molecule has 0 aromatic carbocycles. The Balaban J connectivity index is 1.31. The molecule has 2 aliphatic carbocycles. The molecule has 2 saturated carbocycles. The predicted octanol–water partition coefficient (Wildman–Crippen LogP) is -6.01. The molecule has 12 N–H and O–H groups in total. The fraction of sp³-hybridized carbons (Fsp3) is 0.882. The molecule has 20 unspecified atom stereocenters. The fourth-order valence-corrected chi connectivity index (χ4v) is 8.26. The van der Waals surface area contributed by atoms with Crippen LogP contribution in [0.15, 0.2) is 0 Å². The van der Waals surface area contributed by atoms with E-state index in [9.17, 15) is 65.1 Å². The van der Waals surface area contributed by atoms with Gasteiger partial charge in [-0.25, -0.2) is 0 Å². The molecule has 57 heavy (non-hydrogen) atoms. The molecule has 0 bridgehead atoms. The van der Waals surface area contributed by atoms with Crippen molar-refractivity contribution in [2.45, 2.75) is 155 Å². The van der Waals surface area contributed by atoms with Crippen molar-refractivity contribution < 1.29 is 113 Å². The van der Waals surface area contributed by atoms with Gasteiger partial charge in [0, 0.05) is 25.9 Å². The first kappa shape index (κ1) is 45.4. The number of hydrogen-bond acceptors (Lipinski definition) is 20. The highest BCUT2D eigenvalue weighted by Gasteiger charge is 2.57. The Morgan fingerprint density at radius 1 is 0.596 bits per heavy atom. The molecule has 20 atom stereocenters. The second-order valence-corrected chi connectivity index (χ2v) is 15.2. The maximum atomic E-state index is 11.9. The van der Waals surface area contributed by atoms with Crippen molar-refractivity contribution in [3.63, 3.8) is 0 Å². The molecule has 3 aliphatic heterocycles. The van der Waals surface area contributed by atoms with E-state index in [1.807, 2.05) is 0 Å². The van der Waals surface area contributed by atoms with E-state index < -0.39 is 172 Å². The number of hydrogen-bond donors (Lipinski definition) is 11. The molecule has 5 aliphatic rings. The van der Waals surface area contributed by atoms with Crippen LogP contribution in [0.5, 0.6) is 0 Å². The third-order valence-corrected chi connectivity index (χ3v) is 11.3. The van der Waals surface area contributed by atoms with Crippen LogP contribution in [0, 0.1) is 11.8 Å². The Hall–Kier alpha value is -2.72. The average Bonchev–Trinajstić information content (AvgIpc) is 3.14. The van der Waals surface area contributed by atoms with E-state index >= 15 is 0 Å². The summed E-state index contributed by atoms with van der Waals surface area (Å²) in [5, 5.41) is 114. The molecule has 0 amide bonds. The first-order valence-corrected chi connectivity index (χ1v) is 18.6. The van der Waals surface area contributed by atoms with Crippen molar-refractivity contribution in [2.75, 3.05) is 20.3 Å². The monoisotopic (exact) mass is 829 g/mol. The van der Waals surface area contributed by atoms with Gasteiger partial charge in [-0.15, -0.1) is 0 Å². The molecular formula is C34H53O23+. The summed E-state index contributed by atoms with van der Waals surface area (Å²) in [4.78, 5) is 45.3. The highest BCUT2D eigenvalue weighted by atomic mass is 16.7. The van der Waals surface area contributed by atoms with Gasteiger partial charge >= 0.3 is 23.9 Å². The van der Waals surface area contributed by atoms with Crippen molar-refractivity contribution >= 4 is 23.9 Å². The Bertz CT molecular complexity index is 1380. The summed E-state index contributed by atoms with van der Waals surface area (Å²) in [7, 11) is 1.36. The number of aliphatic hydroxyl groups is 11. The summed E-state index contributed by atoms with van der Waals surface area (Å²) < 4.78 is 43.7. The Morgan fingerprint density at radius 2 is 1.12 bits per heavy atom. The van der Waals surface area contributed by atoms with Crippen LogP contribution in [0.4, 0.5) is 0 Å². The first-order chi connectivity index (χ1) is 26.9. The number of ether oxygens (including phenoxy) is 8. The number of carboxylic acids is 2. The van der Waals surface area contributed by atoms with Gasteiger partial charge in [0.15, 0.2) is 24.8 Å². The van der Waals surface area contributed by atoms with Crippen LogP contribution < -0.4 is 0 Å². The summed E-state index contributed by atoms with van der Waals surface area (Å²) in [6, 6.07) is 0. The molecule has 0 spiro atoms. The van der Waals surface area contributed by atoms with Crippen LogP contribution in [0.25, 0.3) is 0 Å². The summed E-state index contributed by atoms with van der Waals surface area (Å²) in [6.45, 7) is -1.38. The van der Waals surface area contributed by atoms with Crippen LogP contribution >= 0.6 is 0 Å². The second kappa shape index (κ2) is 19.6. The van der Waals surface area contributed by atoms with E-state index in [4.69, 9.17) is 48.1 Å². The number of aliphatic hydroxyl groups excluding tert-OH is 9. The topological polar surface area (TPSA) is 368 Å². The molecule has 3 saturated heterocycles. The summed E-state index contributed by atoms with van der Waals surface area (Å²) >= 11 is 0. The van der Waals surface area contributed by atoms with Gasteiger partial charge in [0.1, 0.15) is 87.1 Å². The highest BCUT2D eigenvalue weighted by molar-refractivity contribution is 5.90. The number of fused-ring (bicyclic) bond motifs is 1. The van der Waals surface area contributed by atoms with Gasteiger partial charge in [-0.3, -0.25) is 19.2 Å². The second-order valence-electron chi connectivity index (χ2n) is 15.2. The fourth-order valence-electron chi connectivity index (χ4n) is 8.26. The average molecular weight is 830 g/mol. The van der Waals surface area contributed by atoms with Gasteiger partial charge in [0.05, 0.1) is 30.3 Å². The lowest BCUT2D eigenvalue weighted by atomic mass is 9.72. The highest BCUT2D eigenvalue weighted by Crippen LogP contribution is 2.43. The van der Waals surface area contributed by atoms with Crippen molar-refractivity contribution in [3.8, 4) is 0 Å². The van der Waals surface area contributed by atoms with Crippen LogP contribution in [0.1, 0.15) is 44.9 Å². The van der Waals surface area contributed by atoms with Crippen LogP contribution in [-0.4, -0.2) is 215 Å². The minimum absolute atomic E-state index is 0.0211. The Kier molecular flexibility index (Phi) is 15.6. The molecule has 5 rings (SSSR count). The molecule has 0 aromatic rings. The zero-order valence-corrected chi connectivity index (χ0v) is 30.8. The Morgan fingerprint density at radius 3 is 1.63 bits per heavy atom. The van der Waals surface area contributed by atoms with E-state index in [2.05, 4.69) is 0 Å². The van der Waals surface area contributed by atoms with Gasteiger partial charge in [-0.05, 0) is 19.3 Å². The number of carboxylic acid groups (broad SMARTS) is 2. The van der Waals surface area contributed by atoms with Gasteiger partial charge in [-0.1, -0.05) is 0 Å². The SMILES string of the molecule is COC1CC(C2[OH+]C3CC(OC4OC(COC(=O)CC(=O)O)C(O)C(O)C4O)CC(O)C3CC2OC2OC(COC(=O)CC(=O)O)C(O)C(O)C2O)CC(O)C1O. The molecule has 0 aromatic heterocycles. The lowest BCUT2D eigenvalue weighted by Crippen LogP contribution is -2.64. The largest absolute Gasteiger partial charge is 0.481 e. The minimum atomic E-state index is -1.87. The predicted molar refractivity (Wildman–Crippen MR) is 178 cm³/mol. The van der Waals surface area contributed by atoms with Crippen molar-refractivity contribution in [2.24, 2.45) is 11.8 Å². The third kappa shape index (κ3) is 10.9. The van der Waals surface area contributed by atoms with E-state index in [0.29, 0.717) is 0 Å². The summed E-state index contributed by atoms with van der Waals surface area (Å²) in [6.07, 6.45) is -26.5. The Labute approximate surface area is 324 Å². The molecule has 3 heterocycles. The zero-order chi connectivity index (χ0) is 41.9. The number of aliphatic carboxylic acids is 2. The van der Waals surface area contributed by atoms with Crippen molar-refractivity contribution in [3.05, 3.63) is 0 Å². The lowest BCUT2D eigenvalue weighted by molar-refractivity contribution is -0.363. The number of carbonyl (C=O) groups excluding carboxylic acids is 2. The number of carbonyl (C=O) groups is 4. The van der Waals surface area contributed by atoms with E-state index in [0.717, 1.165) is 0 Å². The number of esters is 2. The minimum Gasteiger partial charge on any atom is -0.481 e. The van der Waals surface area contributed by atoms with Gasteiger partial charge in [0.25, 0.3) is 0 Å². The van der Waals surface area contributed by atoms with Crippen LogP contribution in [-0.2, 0) is 52.3 Å². The van der Waals surface area contributed by atoms with Crippen molar-refractivity contribution in [1.82, 2.24) is 0 Å². The van der Waals surface area contributed by atoms with Crippen LogP contribution in [0.2, 0.25) is 0 Å². The smallest absolute Gasteiger partial charge is 0.317 e. The molecular weight excluding hydrogens is 776 g/mol. The number of methoxy groups -OCH3 is 1. The van der Waals surface area contributed by atoms with Gasteiger partial charge in [-0.2, -0.15) is 0 Å². The summed E-state index contributed by atoms with van der Waals surface area (Å²) in [5.41, 5.74) is 0. The zero-order valence-electron chi connectivity index (χ0n) is 30.8. The molecule has 5 fully saturated rings. The standard InChI is InChI=1S/C34H52O23/c1-50-17-3-11(2-15(36)25(17)43)32-18(55-34-31(49)29(47)27(45)20(57-34)10-52-24(42)8-22(39)40)6-13-14(35)4-12(5-16(13)54-32)53-33-30(48)28(46)26(44)19(56-33)9-51-23(41)7-21(37)38/h11-20,25-36,43-49H,2-10H2,1H3,(H,37,38)(H,39,40)/p+1. The molecule has 23 nitrogen and oxygen atoms in total. The van der Waals surface area contributed by atoms with Crippen LogP contribution in [0.3, 0.4) is 0 Å². The molecule has 326 valence electrons. The quantitative estimate of drug-likeness (QED) is 0.0441. The first-order valence-electron chi connectivity index (χ1n) is 18.6. The van der Waals surface area contributed by atoms with E-state index in [1.54, 1.807) is 0 Å². The summed E-state index contributed by atoms with van der Waals surface area (Å²) in [5.74, 6) is -6.37. The third-order valence-electron chi connectivity index (χ3n) is 11.3. The van der Waals surface area contributed by atoms with Crippen molar-refractivity contribution in [1.29, 1.82) is 0 Å². The van der Waals surface area contributed by atoms with E-state index in [1.165, 1.54) is 7.11 Å².